The number of para-hydroxylation sites is 1. The third kappa shape index (κ3) is 1.97. The molecule has 0 atom stereocenters. The fourth-order valence-corrected chi connectivity index (χ4v) is 2.37. The van der Waals surface area contributed by atoms with Crippen LogP contribution in [-0.4, -0.2) is 19.5 Å². The molecule has 6 nitrogen and oxygen atoms in total. The molecule has 1 aromatic carbocycles. The molecule has 4 rings (SSSR count). The molecule has 0 amide bonds. The van der Waals surface area contributed by atoms with Crippen LogP contribution in [0.3, 0.4) is 0 Å². The molecule has 6 heteroatoms. The van der Waals surface area contributed by atoms with E-state index in [9.17, 15) is 4.79 Å². The van der Waals surface area contributed by atoms with Crippen LogP contribution < -0.4 is 10.9 Å². The van der Waals surface area contributed by atoms with Gasteiger partial charge in [0.1, 0.15) is 5.69 Å². The van der Waals surface area contributed by atoms with Crippen molar-refractivity contribution in [1.29, 1.82) is 0 Å². The number of nitrogens with zero attached hydrogens (tertiary/aromatic N) is 4. The van der Waals surface area contributed by atoms with E-state index in [0.29, 0.717) is 24.0 Å². The molecule has 3 heterocycles. The summed E-state index contributed by atoms with van der Waals surface area (Å²) in [5.74, 6) is 0.960. The molecule has 0 bridgehead atoms. The lowest BCUT2D eigenvalue weighted by molar-refractivity contribution is 0.735. The predicted octanol–water partition coefficient (Wildman–Crippen LogP) is 1.81. The topological polar surface area (TPSA) is 72.7 Å². The zero-order valence-corrected chi connectivity index (χ0v) is 11.0. The summed E-state index contributed by atoms with van der Waals surface area (Å²) in [7, 11) is 0. The molecule has 2 aromatic heterocycles. The highest BCUT2D eigenvalue weighted by molar-refractivity contribution is 5.63. The molecule has 0 aliphatic carbocycles. The summed E-state index contributed by atoms with van der Waals surface area (Å²) in [4.78, 5) is 25.0. The van der Waals surface area contributed by atoms with E-state index in [1.165, 1.54) is 6.07 Å². The van der Waals surface area contributed by atoms with Crippen LogP contribution in [0.5, 0.6) is 0 Å². The number of fused-ring (bicyclic) bond motifs is 2. The zero-order valence-electron chi connectivity index (χ0n) is 11.0. The first kappa shape index (κ1) is 11.8. The van der Waals surface area contributed by atoms with Gasteiger partial charge in [-0.2, -0.15) is 0 Å². The lowest BCUT2D eigenvalue weighted by Crippen LogP contribution is -2.27. The number of hydrogen-bond acceptors (Lipinski definition) is 5. The van der Waals surface area contributed by atoms with Gasteiger partial charge in [0.05, 0.1) is 6.54 Å². The quantitative estimate of drug-likeness (QED) is 0.574. The van der Waals surface area contributed by atoms with Gasteiger partial charge in [-0.05, 0) is 17.7 Å². The smallest absolute Gasteiger partial charge is 0.255 e. The van der Waals surface area contributed by atoms with Crippen molar-refractivity contribution in [2.75, 3.05) is 5.32 Å². The standard InChI is InChI=1S/C15H11N5O/c21-13-8-12(14-16-6-3-7-17-14)19-15-18-11-5-2-1-4-10(11)9-20(13)15/h1-8H,9H2,(H,18,19). The summed E-state index contributed by atoms with van der Waals surface area (Å²) in [6.45, 7) is 0.514. The van der Waals surface area contributed by atoms with Crippen molar-refractivity contribution in [2.24, 2.45) is 0 Å². The van der Waals surface area contributed by atoms with Crippen LogP contribution >= 0.6 is 0 Å². The third-order valence-corrected chi connectivity index (χ3v) is 3.40. The van der Waals surface area contributed by atoms with Gasteiger partial charge < -0.3 is 5.32 Å². The Labute approximate surface area is 120 Å². The van der Waals surface area contributed by atoms with E-state index in [1.54, 1.807) is 23.0 Å². The maximum Gasteiger partial charge on any atom is 0.255 e. The van der Waals surface area contributed by atoms with Crippen LogP contribution in [0, 0.1) is 0 Å². The van der Waals surface area contributed by atoms with Gasteiger partial charge in [0.2, 0.25) is 5.95 Å². The molecule has 1 N–H and O–H groups in total. The van der Waals surface area contributed by atoms with Crippen molar-refractivity contribution < 1.29 is 0 Å². The van der Waals surface area contributed by atoms with Gasteiger partial charge in [-0.25, -0.2) is 15.0 Å². The number of hydrogen-bond donors (Lipinski definition) is 1. The summed E-state index contributed by atoms with van der Waals surface area (Å²) in [6, 6.07) is 11.1. The molecule has 0 fully saturated rings. The normalized spacial score (nSPS) is 12.2. The molecule has 0 radical (unpaired) electrons. The molecule has 0 saturated carbocycles. The number of rotatable bonds is 1. The minimum absolute atomic E-state index is 0.121. The monoisotopic (exact) mass is 277 g/mol. The van der Waals surface area contributed by atoms with E-state index in [0.717, 1.165) is 11.3 Å². The van der Waals surface area contributed by atoms with E-state index in [4.69, 9.17) is 0 Å². The van der Waals surface area contributed by atoms with Crippen molar-refractivity contribution >= 4 is 11.6 Å². The number of benzene rings is 1. The summed E-state index contributed by atoms with van der Waals surface area (Å²) < 4.78 is 1.61. The average molecular weight is 277 g/mol. The Bertz CT molecular complexity index is 873. The molecule has 0 spiro atoms. The molecule has 0 unspecified atom stereocenters. The first-order valence-corrected chi connectivity index (χ1v) is 6.55. The Morgan fingerprint density at radius 1 is 1.10 bits per heavy atom. The lowest BCUT2D eigenvalue weighted by Gasteiger charge is -2.22. The largest absolute Gasteiger partial charge is 0.325 e. The maximum absolute atomic E-state index is 12.3. The zero-order chi connectivity index (χ0) is 14.2. The summed E-state index contributed by atoms with van der Waals surface area (Å²) in [5, 5.41) is 3.19. The van der Waals surface area contributed by atoms with Crippen molar-refractivity contribution in [3.05, 3.63) is 64.7 Å². The van der Waals surface area contributed by atoms with Crippen LogP contribution in [0.1, 0.15) is 5.56 Å². The fourth-order valence-electron chi connectivity index (χ4n) is 2.37. The second-order valence-electron chi connectivity index (χ2n) is 4.74. The van der Waals surface area contributed by atoms with E-state index < -0.39 is 0 Å². The van der Waals surface area contributed by atoms with Gasteiger partial charge in [0.15, 0.2) is 5.82 Å². The number of nitrogens with one attached hydrogen (secondary N) is 1. The Balaban J connectivity index is 1.85. The molecule has 1 aliphatic heterocycles. The van der Waals surface area contributed by atoms with Crippen molar-refractivity contribution in [2.45, 2.75) is 6.54 Å². The maximum atomic E-state index is 12.3. The summed E-state index contributed by atoms with van der Waals surface area (Å²) >= 11 is 0. The number of anilines is 2. The van der Waals surface area contributed by atoms with Gasteiger partial charge >= 0.3 is 0 Å². The first-order chi connectivity index (χ1) is 10.3. The molecule has 3 aromatic rings. The van der Waals surface area contributed by atoms with Crippen LogP contribution in [0.4, 0.5) is 11.6 Å². The van der Waals surface area contributed by atoms with Gasteiger partial charge in [-0.15, -0.1) is 0 Å². The SMILES string of the molecule is O=c1cc(-c2ncccn2)nc2n1Cc1ccccc1N2. The highest BCUT2D eigenvalue weighted by Gasteiger charge is 2.18. The van der Waals surface area contributed by atoms with Crippen LogP contribution in [-0.2, 0) is 6.54 Å². The molecule has 0 saturated heterocycles. The van der Waals surface area contributed by atoms with Gasteiger partial charge in [0, 0.05) is 24.1 Å². The van der Waals surface area contributed by atoms with E-state index in [-0.39, 0.29) is 5.56 Å². The Hall–Kier alpha value is -3.02. The van der Waals surface area contributed by atoms with E-state index in [2.05, 4.69) is 20.3 Å². The summed E-state index contributed by atoms with van der Waals surface area (Å²) in [5.41, 5.74) is 2.39. The van der Waals surface area contributed by atoms with Crippen LogP contribution in [0.25, 0.3) is 11.5 Å². The van der Waals surface area contributed by atoms with Gasteiger partial charge in [-0.3, -0.25) is 9.36 Å². The highest BCUT2D eigenvalue weighted by Crippen LogP contribution is 2.26. The second-order valence-corrected chi connectivity index (χ2v) is 4.74. The van der Waals surface area contributed by atoms with E-state index in [1.807, 2.05) is 24.3 Å². The molecule has 1 aliphatic rings. The lowest BCUT2D eigenvalue weighted by atomic mass is 10.1. The van der Waals surface area contributed by atoms with Crippen LogP contribution in [0.2, 0.25) is 0 Å². The summed E-state index contributed by atoms with van der Waals surface area (Å²) in [6.07, 6.45) is 3.26. The van der Waals surface area contributed by atoms with Gasteiger partial charge in [-0.1, -0.05) is 18.2 Å². The fraction of sp³-hybridized carbons (Fsp3) is 0.0667. The first-order valence-electron chi connectivity index (χ1n) is 6.55. The molecule has 102 valence electrons. The Kier molecular flexibility index (Phi) is 2.53. The minimum atomic E-state index is -0.121. The third-order valence-electron chi connectivity index (χ3n) is 3.40. The second kappa shape index (κ2) is 4.52. The Morgan fingerprint density at radius 3 is 2.76 bits per heavy atom. The van der Waals surface area contributed by atoms with Crippen LogP contribution in [0.15, 0.2) is 53.6 Å². The van der Waals surface area contributed by atoms with Gasteiger partial charge in [0.25, 0.3) is 5.56 Å². The molecular weight excluding hydrogens is 266 g/mol. The van der Waals surface area contributed by atoms with Crippen molar-refractivity contribution in [3.63, 3.8) is 0 Å². The average Bonchev–Trinajstić information content (AvgIpc) is 2.54. The Morgan fingerprint density at radius 2 is 1.90 bits per heavy atom. The predicted molar refractivity (Wildman–Crippen MR) is 78.3 cm³/mol. The number of aromatic nitrogens is 4. The van der Waals surface area contributed by atoms with Crippen molar-refractivity contribution in [3.8, 4) is 11.5 Å². The molecular formula is C15H11N5O. The van der Waals surface area contributed by atoms with Crippen molar-refractivity contribution in [1.82, 2.24) is 19.5 Å². The minimum Gasteiger partial charge on any atom is -0.325 e. The van der Waals surface area contributed by atoms with E-state index >= 15 is 0 Å². The highest BCUT2D eigenvalue weighted by atomic mass is 16.1. The molecule has 21 heavy (non-hydrogen) atoms.